The number of anilines is 1. The van der Waals surface area contributed by atoms with Crippen LogP contribution in [0, 0.1) is 20.8 Å². The largest absolute Gasteiger partial charge is 0.494 e. The fraction of sp³-hybridized carbons (Fsp3) is 0.571. The Hall–Kier alpha value is -0.740. The molecule has 1 unspecified atom stereocenters. The minimum Gasteiger partial charge on any atom is -0.494 e. The van der Waals surface area contributed by atoms with Crippen molar-refractivity contribution in [3.63, 3.8) is 0 Å². The predicted molar refractivity (Wildman–Crippen MR) is 81.8 cm³/mol. The molecule has 0 bridgehead atoms. The molecule has 0 aliphatic heterocycles. The Kier molecular flexibility index (Phi) is 5.05. The zero-order valence-electron chi connectivity index (χ0n) is 12.1. The number of halogens is 1. The van der Waals surface area contributed by atoms with Crippen LogP contribution in [0.3, 0.4) is 0 Å². The van der Waals surface area contributed by atoms with Crippen LogP contribution in [0.1, 0.15) is 23.6 Å². The first-order chi connectivity index (χ1) is 8.36. The van der Waals surface area contributed by atoms with E-state index in [9.17, 15) is 0 Å². The van der Waals surface area contributed by atoms with E-state index >= 15 is 0 Å². The average Bonchev–Trinajstić information content (AvgIpc) is 2.38. The molecule has 2 N–H and O–H groups in total. The van der Waals surface area contributed by atoms with Crippen molar-refractivity contribution in [3.8, 4) is 5.75 Å². The zero-order chi connectivity index (χ0) is 14.0. The quantitative estimate of drug-likeness (QED) is 0.927. The molecule has 0 aliphatic rings. The van der Waals surface area contributed by atoms with Crippen molar-refractivity contribution < 1.29 is 4.74 Å². The Balaban J connectivity index is 3.51. The molecule has 0 radical (unpaired) electrons. The molecule has 0 aliphatic carbocycles. The summed E-state index contributed by atoms with van der Waals surface area (Å²) < 4.78 is 6.75. The van der Waals surface area contributed by atoms with E-state index in [1.807, 2.05) is 0 Å². The third-order valence-electron chi connectivity index (χ3n) is 3.69. The molecule has 102 valence electrons. The third kappa shape index (κ3) is 2.50. The summed E-state index contributed by atoms with van der Waals surface area (Å²) in [5, 5.41) is 0. The van der Waals surface area contributed by atoms with Gasteiger partial charge in [0.15, 0.2) is 0 Å². The van der Waals surface area contributed by atoms with E-state index in [4.69, 9.17) is 10.5 Å². The lowest BCUT2D eigenvalue weighted by Crippen LogP contribution is -2.36. The van der Waals surface area contributed by atoms with Crippen molar-refractivity contribution in [2.24, 2.45) is 5.73 Å². The molecular weight excluding hydrogens is 292 g/mol. The van der Waals surface area contributed by atoms with Gasteiger partial charge in [0.2, 0.25) is 0 Å². The van der Waals surface area contributed by atoms with Crippen molar-refractivity contribution in [1.29, 1.82) is 0 Å². The molecular formula is C14H23BrN2O. The van der Waals surface area contributed by atoms with Gasteiger partial charge in [-0.25, -0.2) is 0 Å². The minimum absolute atomic E-state index is 0.270. The summed E-state index contributed by atoms with van der Waals surface area (Å²) in [7, 11) is 3.78. The van der Waals surface area contributed by atoms with Crippen LogP contribution in [0.5, 0.6) is 5.75 Å². The zero-order valence-corrected chi connectivity index (χ0v) is 13.7. The Labute approximate surface area is 118 Å². The van der Waals surface area contributed by atoms with Gasteiger partial charge in [0.1, 0.15) is 5.75 Å². The lowest BCUT2D eigenvalue weighted by molar-refractivity contribution is 0.410. The van der Waals surface area contributed by atoms with Gasteiger partial charge in [0, 0.05) is 24.1 Å². The molecule has 18 heavy (non-hydrogen) atoms. The third-order valence-corrected chi connectivity index (χ3v) is 4.88. The Bertz CT molecular complexity index is 446. The summed E-state index contributed by atoms with van der Waals surface area (Å²) in [5.41, 5.74) is 10.5. The van der Waals surface area contributed by atoms with E-state index in [2.05, 4.69) is 55.6 Å². The average molecular weight is 315 g/mol. The van der Waals surface area contributed by atoms with Crippen LogP contribution in [-0.4, -0.2) is 26.7 Å². The summed E-state index contributed by atoms with van der Waals surface area (Å²) in [4.78, 5) is 2.19. The summed E-state index contributed by atoms with van der Waals surface area (Å²) in [5.74, 6) is 0.941. The molecule has 0 fully saturated rings. The molecule has 0 saturated carbocycles. The molecule has 1 rings (SSSR count). The van der Waals surface area contributed by atoms with E-state index in [1.165, 1.54) is 16.7 Å². The highest BCUT2D eigenvalue weighted by Crippen LogP contribution is 2.42. The van der Waals surface area contributed by atoms with Crippen molar-refractivity contribution in [2.45, 2.75) is 33.7 Å². The first-order valence-corrected chi connectivity index (χ1v) is 6.92. The maximum atomic E-state index is 5.76. The maximum Gasteiger partial charge on any atom is 0.145 e. The molecule has 1 aromatic rings. The second-order valence-electron chi connectivity index (χ2n) is 4.77. The second-order valence-corrected chi connectivity index (χ2v) is 5.56. The SMILES string of the molecule is COc1c(C)c(C)c(Br)c(C)c1N(C)C(C)CN. The van der Waals surface area contributed by atoms with Crippen molar-refractivity contribution in [2.75, 3.05) is 25.6 Å². The number of hydrogen-bond donors (Lipinski definition) is 1. The molecule has 0 aromatic heterocycles. The van der Waals surface area contributed by atoms with E-state index in [0.29, 0.717) is 6.54 Å². The maximum absolute atomic E-state index is 5.76. The molecule has 0 spiro atoms. The van der Waals surface area contributed by atoms with Gasteiger partial charge in [-0.2, -0.15) is 0 Å². The Morgan fingerprint density at radius 3 is 2.22 bits per heavy atom. The van der Waals surface area contributed by atoms with E-state index in [-0.39, 0.29) is 6.04 Å². The number of benzene rings is 1. The van der Waals surface area contributed by atoms with Crippen LogP contribution in [-0.2, 0) is 0 Å². The molecule has 4 heteroatoms. The summed E-state index contributed by atoms with van der Waals surface area (Å²) >= 11 is 3.67. The first-order valence-electron chi connectivity index (χ1n) is 6.12. The molecule has 0 saturated heterocycles. The van der Waals surface area contributed by atoms with Crippen LogP contribution in [0.15, 0.2) is 4.47 Å². The van der Waals surface area contributed by atoms with Crippen LogP contribution < -0.4 is 15.4 Å². The van der Waals surface area contributed by atoms with Gasteiger partial charge in [-0.1, -0.05) is 15.9 Å². The highest BCUT2D eigenvalue weighted by molar-refractivity contribution is 9.10. The fourth-order valence-corrected chi connectivity index (χ4v) is 2.61. The second kappa shape index (κ2) is 5.93. The Morgan fingerprint density at radius 1 is 1.22 bits per heavy atom. The van der Waals surface area contributed by atoms with Gasteiger partial charge >= 0.3 is 0 Å². The number of ether oxygens (including phenoxy) is 1. The lowest BCUT2D eigenvalue weighted by atomic mass is 10.0. The number of nitrogens with zero attached hydrogens (tertiary/aromatic N) is 1. The molecule has 0 heterocycles. The van der Waals surface area contributed by atoms with Crippen LogP contribution in [0.25, 0.3) is 0 Å². The van der Waals surface area contributed by atoms with Crippen LogP contribution >= 0.6 is 15.9 Å². The monoisotopic (exact) mass is 314 g/mol. The van der Waals surface area contributed by atoms with Gasteiger partial charge in [0.05, 0.1) is 12.8 Å². The van der Waals surface area contributed by atoms with Gasteiger partial charge in [-0.05, 0) is 44.4 Å². The summed E-state index contributed by atoms with van der Waals surface area (Å²) in [6.45, 7) is 9.02. The van der Waals surface area contributed by atoms with Crippen LogP contribution in [0.2, 0.25) is 0 Å². The molecule has 0 amide bonds. The molecule has 3 nitrogen and oxygen atoms in total. The van der Waals surface area contributed by atoms with E-state index in [1.54, 1.807) is 7.11 Å². The topological polar surface area (TPSA) is 38.5 Å². The van der Waals surface area contributed by atoms with E-state index in [0.717, 1.165) is 15.9 Å². The lowest BCUT2D eigenvalue weighted by Gasteiger charge is -2.31. The van der Waals surface area contributed by atoms with Gasteiger partial charge in [-0.15, -0.1) is 0 Å². The van der Waals surface area contributed by atoms with Gasteiger partial charge in [-0.3, -0.25) is 0 Å². The van der Waals surface area contributed by atoms with Crippen molar-refractivity contribution in [1.82, 2.24) is 0 Å². The molecule has 1 atom stereocenters. The van der Waals surface area contributed by atoms with Gasteiger partial charge < -0.3 is 15.4 Å². The van der Waals surface area contributed by atoms with Crippen LogP contribution in [0.4, 0.5) is 5.69 Å². The minimum atomic E-state index is 0.270. The Morgan fingerprint density at radius 2 is 1.78 bits per heavy atom. The predicted octanol–water partition coefficient (Wildman–Crippen LogP) is 3.17. The fourth-order valence-electron chi connectivity index (χ4n) is 2.12. The van der Waals surface area contributed by atoms with Crippen molar-refractivity contribution in [3.05, 3.63) is 21.2 Å². The highest BCUT2D eigenvalue weighted by atomic mass is 79.9. The standard InChI is InChI=1S/C14H23BrN2O/c1-8(7-16)17(5)13-11(4)12(15)9(2)10(3)14(13)18-6/h8H,7,16H2,1-6H3. The summed E-state index contributed by atoms with van der Waals surface area (Å²) in [6.07, 6.45) is 0. The number of methoxy groups -OCH3 is 1. The summed E-state index contributed by atoms with van der Waals surface area (Å²) in [6, 6.07) is 0.270. The van der Waals surface area contributed by atoms with Gasteiger partial charge in [0.25, 0.3) is 0 Å². The smallest absolute Gasteiger partial charge is 0.145 e. The number of hydrogen-bond acceptors (Lipinski definition) is 3. The number of rotatable bonds is 4. The first kappa shape index (κ1) is 15.3. The molecule has 1 aromatic carbocycles. The van der Waals surface area contributed by atoms with E-state index < -0.39 is 0 Å². The number of likely N-dealkylation sites (N-methyl/N-ethyl adjacent to an activating group) is 1. The normalized spacial score (nSPS) is 12.4. The van der Waals surface area contributed by atoms with Crippen molar-refractivity contribution >= 4 is 21.6 Å². The number of nitrogens with two attached hydrogens (primary N) is 1. The highest BCUT2D eigenvalue weighted by Gasteiger charge is 2.21.